The van der Waals surface area contributed by atoms with Gasteiger partial charge in [-0.1, -0.05) is 18.2 Å². The monoisotopic (exact) mass is 389 g/mol. The molecule has 0 bridgehead atoms. The summed E-state index contributed by atoms with van der Waals surface area (Å²) in [6.07, 6.45) is 0. The summed E-state index contributed by atoms with van der Waals surface area (Å²) in [4.78, 5) is 23.4. The van der Waals surface area contributed by atoms with Crippen LogP contribution in [0.1, 0.15) is 20.7 Å². The quantitative estimate of drug-likeness (QED) is 0.788. The van der Waals surface area contributed by atoms with E-state index < -0.39 is 21.9 Å². The molecule has 1 saturated heterocycles. The standard InChI is InChI=1S/C18H18N2O6S/c21-17(19-15-5-1-4-14(11-15)18(22)23)13-3-2-6-16(12-13)27(24,25)20-7-9-26-10-8-20/h1-6,11-12H,7-10H2,(H,19,21)(H,22,23)/p-1. The van der Waals surface area contributed by atoms with E-state index in [1.54, 1.807) is 0 Å². The highest BCUT2D eigenvalue weighted by Gasteiger charge is 2.26. The molecule has 0 radical (unpaired) electrons. The first-order chi connectivity index (χ1) is 12.9. The van der Waals surface area contributed by atoms with E-state index in [1.807, 2.05) is 0 Å². The summed E-state index contributed by atoms with van der Waals surface area (Å²) < 4.78 is 31.9. The maximum Gasteiger partial charge on any atom is 0.255 e. The van der Waals surface area contributed by atoms with E-state index >= 15 is 0 Å². The molecule has 0 aliphatic carbocycles. The normalized spacial score (nSPS) is 15.3. The topological polar surface area (TPSA) is 116 Å². The fourth-order valence-electron chi connectivity index (χ4n) is 2.66. The second-order valence-electron chi connectivity index (χ2n) is 5.87. The number of carboxylic acid groups (broad SMARTS) is 1. The molecule has 2 aromatic carbocycles. The minimum Gasteiger partial charge on any atom is -0.545 e. The highest BCUT2D eigenvalue weighted by atomic mass is 32.2. The summed E-state index contributed by atoms with van der Waals surface area (Å²) in [6.45, 7) is 1.17. The molecule has 1 N–H and O–H groups in total. The molecule has 1 fully saturated rings. The van der Waals surface area contributed by atoms with Crippen molar-refractivity contribution in [3.63, 3.8) is 0 Å². The minimum atomic E-state index is -3.72. The molecule has 0 saturated carbocycles. The second kappa shape index (κ2) is 7.87. The summed E-state index contributed by atoms with van der Waals surface area (Å²) in [5, 5.41) is 13.5. The van der Waals surface area contributed by atoms with Crippen molar-refractivity contribution in [1.82, 2.24) is 4.31 Å². The Morgan fingerprint density at radius 3 is 2.37 bits per heavy atom. The first kappa shape index (κ1) is 19.0. The van der Waals surface area contributed by atoms with E-state index in [1.165, 1.54) is 52.8 Å². The number of morpholine rings is 1. The van der Waals surface area contributed by atoms with Gasteiger partial charge in [0.15, 0.2) is 0 Å². The minimum absolute atomic E-state index is 0.0144. The predicted molar refractivity (Wildman–Crippen MR) is 94.7 cm³/mol. The van der Waals surface area contributed by atoms with Crippen LogP contribution in [0.15, 0.2) is 53.4 Å². The van der Waals surface area contributed by atoms with E-state index in [0.29, 0.717) is 13.2 Å². The highest BCUT2D eigenvalue weighted by molar-refractivity contribution is 7.89. The van der Waals surface area contributed by atoms with Gasteiger partial charge in [0.1, 0.15) is 0 Å². The number of hydrogen-bond donors (Lipinski definition) is 1. The van der Waals surface area contributed by atoms with Gasteiger partial charge in [0.05, 0.1) is 24.1 Å². The number of nitrogens with one attached hydrogen (secondary N) is 1. The number of rotatable bonds is 5. The number of hydrogen-bond acceptors (Lipinski definition) is 6. The lowest BCUT2D eigenvalue weighted by molar-refractivity contribution is -0.255. The molecule has 9 heteroatoms. The Kier molecular flexibility index (Phi) is 5.54. The molecule has 0 aromatic heterocycles. The van der Waals surface area contributed by atoms with Crippen molar-refractivity contribution < 1.29 is 27.9 Å². The van der Waals surface area contributed by atoms with Crippen molar-refractivity contribution in [3.05, 3.63) is 59.7 Å². The number of anilines is 1. The molecule has 1 aliphatic heterocycles. The SMILES string of the molecule is O=C([O-])c1cccc(NC(=O)c2cccc(S(=O)(=O)N3CCOCC3)c2)c1. The van der Waals surface area contributed by atoms with Crippen LogP contribution in [0.4, 0.5) is 5.69 Å². The maximum absolute atomic E-state index is 12.7. The van der Waals surface area contributed by atoms with Gasteiger partial charge >= 0.3 is 0 Å². The Morgan fingerprint density at radius 2 is 1.67 bits per heavy atom. The molecule has 0 atom stereocenters. The van der Waals surface area contributed by atoms with Gasteiger partial charge in [-0.05, 0) is 35.9 Å². The number of aromatic carboxylic acids is 1. The molecule has 1 heterocycles. The zero-order chi connectivity index (χ0) is 19.4. The van der Waals surface area contributed by atoms with Crippen molar-refractivity contribution in [1.29, 1.82) is 0 Å². The number of sulfonamides is 1. The molecule has 3 rings (SSSR count). The van der Waals surface area contributed by atoms with Crippen molar-refractivity contribution in [2.45, 2.75) is 4.90 Å². The van der Waals surface area contributed by atoms with Crippen LogP contribution in [-0.4, -0.2) is 50.9 Å². The molecule has 1 amide bonds. The predicted octanol–water partition coefficient (Wildman–Crippen LogP) is 0.323. The Balaban J connectivity index is 1.81. The van der Waals surface area contributed by atoms with Crippen molar-refractivity contribution in [2.24, 2.45) is 0 Å². The first-order valence-corrected chi connectivity index (χ1v) is 9.63. The van der Waals surface area contributed by atoms with Crippen molar-refractivity contribution in [2.75, 3.05) is 31.6 Å². The van der Waals surface area contributed by atoms with Gasteiger partial charge in [-0.2, -0.15) is 4.31 Å². The van der Waals surface area contributed by atoms with Gasteiger partial charge in [-0.3, -0.25) is 4.79 Å². The van der Waals surface area contributed by atoms with Crippen LogP contribution >= 0.6 is 0 Å². The average Bonchev–Trinajstić information content (AvgIpc) is 2.69. The van der Waals surface area contributed by atoms with E-state index in [2.05, 4.69) is 5.32 Å². The summed E-state index contributed by atoms with van der Waals surface area (Å²) in [7, 11) is -3.72. The van der Waals surface area contributed by atoms with Gasteiger partial charge in [0, 0.05) is 24.3 Å². The van der Waals surface area contributed by atoms with Crippen LogP contribution in [-0.2, 0) is 14.8 Å². The molecular weight excluding hydrogens is 372 g/mol. The van der Waals surface area contributed by atoms with Crippen LogP contribution < -0.4 is 10.4 Å². The van der Waals surface area contributed by atoms with Gasteiger partial charge in [0.25, 0.3) is 5.91 Å². The Morgan fingerprint density at radius 1 is 1.00 bits per heavy atom. The highest BCUT2D eigenvalue weighted by Crippen LogP contribution is 2.19. The Hall–Kier alpha value is -2.75. The fraction of sp³-hybridized carbons (Fsp3) is 0.222. The number of carbonyl (C=O) groups excluding carboxylic acids is 2. The zero-order valence-corrected chi connectivity index (χ0v) is 15.1. The Labute approximate surface area is 156 Å². The van der Waals surface area contributed by atoms with Crippen LogP contribution in [0.3, 0.4) is 0 Å². The van der Waals surface area contributed by atoms with Gasteiger partial charge < -0.3 is 20.0 Å². The number of ether oxygens (including phenoxy) is 1. The van der Waals surface area contributed by atoms with Gasteiger partial charge in [0.2, 0.25) is 10.0 Å². The molecule has 0 unspecified atom stereocenters. The van der Waals surface area contributed by atoms with E-state index in [0.717, 1.165) is 0 Å². The molecular formula is C18H17N2O6S-. The van der Waals surface area contributed by atoms with Gasteiger partial charge in [-0.15, -0.1) is 0 Å². The van der Waals surface area contributed by atoms with Crippen molar-refractivity contribution in [3.8, 4) is 0 Å². The van der Waals surface area contributed by atoms with E-state index in [4.69, 9.17) is 4.74 Å². The van der Waals surface area contributed by atoms with Crippen molar-refractivity contribution >= 4 is 27.6 Å². The van der Waals surface area contributed by atoms with E-state index in [9.17, 15) is 23.1 Å². The van der Waals surface area contributed by atoms with Crippen LogP contribution in [0.5, 0.6) is 0 Å². The lowest BCUT2D eigenvalue weighted by Crippen LogP contribution is -2.40. The molecule has 2 aromatic rings. The average molecular weight is 389 g/mol. The zero-order valence-electron chi connectivity index (χ0n) is 14.3. The third kappa shape index (κ3) is 4.33. The lowest BCUT2D eigenvalue weighted by Gasteiger charge is -2.26. The number of benzene rings is 2. The summed E-state index contributed by atoms with van der Waals surface area (Å²) in [6, 6.07) is 11.3. The first-order valence-electron chi connectivity index (χ1n) is 8.18. The molecule has 0 spiro atoms. The van der Waals surface area contributed by atoms with Crippen LogP contribution in [0, 0.1) is 0 Å². The smallest absolute Gasteiger partial charge is 0.255 e. The Bertz CT molecular complexity index is 967. The number of nitrogens with zero attached hydrogens (tertiary/aromatic N) is 1. The number of carbonyl (C=O) groups is 2. The number of amides is 1. The number of carboxylic acids is 1. The molecule has 27 heavy (non-hydrogen) atoms. The molecule has 8 nitrogen and oxygen atoms in total. The second-order valence-corrected chi connectivity index (χ2v) is 7.80. The largest absolute Gasteiger partial charge is 0.545 e. The third-order valence-corrected chi connectivity index (χ3v) is 5.95. The van der Waals surface area contributed by atoms with Crippen LogP contribution in [0.25, 0.3) is 0 Å². The lowest BCUT2D eigenvalue weighted by atomic mass is 10.2. The summed E-state index contributed by atoms with van der Waals surface area (Å²) >= 11 is 0. The maximum atomic E-state index is 12.7. The fourth-order valence-corrected chi connectivity index (χ4v) is 4.12. The molecule has 1 aliphatic rings. The summed E-state index contributed by atoms with van der Waals surface area (Å²) in [5.41, 5.74) is 0.336. The molecule has 142 valence electrons. The van der Waals surface area contributed by atoms with E-state index in [-0.39, 0.29) is 34.8 Å². The summed E-state index contributed by atoms with van der Waals surface area (Å²) in [5.74, 6) is -1.91. The van der Waals surface area contributed by atoms with Crippen LogP contribution in [0.2, 0.25) is 0 Å². The third-order valence-electron chi connectivity index (χ3n) is 4.06. The van der Waals surface area contributed by atoms with Gasteiger partial charge in [-0.25, -0.2) is 8.42 Å².